The Kier molecular flexibility index (Phi) is 8.58. The van der Waals surface area contributed by atoms with Crippen LogP contribution in [0.2, 0.25) is 18.1 Å². The van der Waals surface area contributed by atoms with Crippen molar-refractivity contribution >= 4 is 31.1 Å². The number of rotatable bonds is 8. The maximum Gasteiger partial charge on any atom is 0.255 e. The third-order valence-corrected chi connectivity index (χ3v) is 13.4. The van der Waals surface area contributed by atoms with Gasteiger partial charge in [-0.3, -0.25) is 4.79 Å². The molecule has 0 radical (unpaired) electrons. The van der Waals surface area contributed by atoms with Crippen LogP contribution in [0.1, 0.15) is 68.4 Å². The first kappa shape index (κ1) is 30.6. The Hall–Kier alpha value is -3.83. The van der Waals surface area contributed by atoms with Crippen LogP contribution in [-0.4, -0.2) is 47.2 Å². The molecule has 2 aromatic carbocycles. The molecule has 4 aromatic rings. The maximum atomic E-state index is 13.7. The lowest BCUT2D eigenvalue weighted by atomic mass is 9.93. The molecule has 2 atom stereocenters. The van der Waals surface area contributed by atoms with Crippen molar-refractivity contribution in [1.82, 2.24) is 25.1 Å². The molecule has 0 unspecified atom stereocenters. The maximum absolute atomic E-state index is 13.7. The Balaban J connectivity index is 1.36. The number of halogens is 1. The molecular weight excluding hydrogens is 563 g/mol. The highest BCUT2D eigenvalue weighted by Gasteiger charge is 2.40. The zero-order chi connectivity index (χ0) is 30.9. The summed E-state index contributed by atoms with van der Waals surface area (Å²) in [6.07, 6.45) is 5.65. The smallest absolute Gasteiger partial charge is 0.255 e. The molecule has 1 aliphatic carbocycles. The van der Waals surface area contributed by atoms with Crippen molar-refractivity contribution in [2.24, 2.45) is 0 Å². The molecule has 9 nitrogen and oxygen atoms in total. The van der Waals surface area contributed by atoms with Gasteiger partial charge in [0, 0.05) is 18.2 Å². The number of fused-ring (bicyclic) bond motifs is 1. The number of hydrogen-bond acceptors (Lipinski definition) is 7. The summed E-state index contributed by atoms with van der Waals surface area (Å²) in [6, 6.07) is 11.8. The van der Waals surface area contributed by atoms with E-state index in [1.807, 2.05) is 28.9 Å². The number of aromatic nitrogens is 4. The van der Waals surface area contributed by atoms with E-state index in [2.05, 4.69) is 49.1 Å². The molecule has 2 aromatic heterocycles. The number of anilines is 1. The molecule has 1 fully saturated rings. The molecule has 0 spiro atoms. The molecule has 0 aliphatic heterocycles. The lowest BCUT2D eigenvalue weighted by Crippen LogP contribution is -2.45. The first-order valence-electron chi connectivity index (χ1n) is 14.8. The summed E-state index contributed by atoms with van der Waals surface area (Å²) in [5, 5.41) is 8.78. The number of nitrogen functional groups attached to an aromatic ring is 1. The Bertz CT molecular complexity index is 1620. The summed E-state index contributed by atoms with van der Waals surface area (Å²) in [4.78, 5) is 21.6. The molecule has 11 heteroatoms. The average Bonchev–Trinajstić information content (AvgIpc) is 3.36. The van der Waals surface area contributed by atoms with Gasteiger partial charge < -0.3 is 20.2 Å². The third kappa shape index (κ3) is 6.42. The molecule has 0 bridgehead atoms. The van der Waals surface area contributed by atoms with E-state index in [0.717, 1.165) is 53.5 Å². The van der Waals surface area contributed by atoms with Gasteiger partial charge in [0.1, 0.15) is 29.4 Å². The number of amides is 1. The van der Waals surface area contributed by atoms with Crippen molar-refractivity contribution in [3.05, 3.63) is 65.7 Å². The topological polar surface area (TPSA) is 117 Å². The van der Waals surface area contributed by atoms with Gasteiger partial charge in [-0.05, 0) is 67.6 Å². The molecule has 0 saturated heterocycles. The average molecular weight is 605 g/mol. The molecule has 43 heavy (non-hydrogen) atoms. The van der Waals surface area contributed by atoms with E-state index in [1.54, 1.807) is 0 Å². The molecule has 5 rings (SSSR count). The third-order valence-electron chi connectivity index (χ3n) is 8.82. The standard InChI is InChI=1S/C32H41FN6O3Si/c1-32(2,3)43(5,6)42-24-9-7-8-23(17-24)39-30-27(29(34)36-19-37-30)28(38-39)21-12-10-20(11-13-21)18-35-31(40)25-16-22(33)14-15-26(25)41-4/h10-16,19,23-24H,7-9,17-18H2,1-6H3,(H,35,40)(H2,34,36,37)/t23-,24-/m0/s1. The van der Waals surface area contributed by atoms with Crippen LogP contribution in [0.5, 0.6) is 5.75 Å². The highest BCUT2D eigenvalue weighted by molar-refractivity contribution is 6.74. The highest BCUT2D eigenvalue weighted by Crippen LogP contribution is 2.41. The highest BCUT2D eigenvalue weighted by atomic mass is 28.4. The number of ether oxygens (including phenoxy) is 1. The van der Waals surface area contributed by atoms with Gasteiger partial charge in [-0.2, -0.15) is 5.10 Å². The second kappa shape index (κ2) is 12.0. The van der Waals surface area contributed by atoms with E-state index in [-0.39, 0.29) is 29.3 Å². The van der Waals surface area contributed by atoms with Crippen LogP contribution in [0.15, 0.2) is 48.8 Å². The molecule has 1 saturated carbocycles. The molecule has 1 aliphatic rings. The first-order valence-corrected chi connectivity index (χ1v) is 17.7. The first-order chi connectivity index (χ1) is 20.4. The Morgan fingerprint density at radius 2 is 1.88 bits per heavy atom. The molecule has 228 valence electrons. The summed E-state index contributed by atoms with van der Waals surface area (Å²) in [5.41, 5.74) is 9.72. The van der Waals surface area contributed by atoms with Gasteiger partial charge in [-0.15, -0.1) is 0 Å². The number of carbonyl (C=O) groups excluding carboxylic acids is 1. The van der Waals surface area contributed by atoms with Crippen molar-refractivity contribution in [2.75, 3.05) is 12.8 Å². The van der Waals surface area contributed by atoms with Crippen LogP contribution in [0.25, 0.3) is 22.3 Å². The van der Waals surface area contributed by atoms with Crippen molar-refractivity contribution in [3.63, 3.8) is 0 Å². The minimum Gasteiger partial charge on any atom is -0.496 e. The summed E-state index contributed by atoms with van der Waals surface area (Å²) < 4.78 is 27.8. The monoisotopic (exact) mass is 604 g/mol. The zero-order valence-electron chi connectivity index (χ0n) is 25.8. The Morgan fingerprint density at radius 1 is 1.14 bits per heavy atom. The van der Waals surface area contributed by atoms with Crippen LogP contribution in [0.3, 0.4) is 0 Å². The van der Waals surface area contributed by atoms with Crippen LogP contribution >= 0.6 is 0 Å². The van der Waals surface area contributed by atoms with Crippen molar-refractivity contribution in [1.29, 1.82) is 0 Å². The van der Waals surface area contributed by atoms with Crippen LogP contribution in [0.4, 0.5) is 10.2 Å². The molecule has 1 amide bonds. The van der Waals surface area contributed by atoms with Gasteiger partial charge in [0.05, 0.1) is 24.1 Å². The molecule has 2 heterocycles. The normalized spacial score (nSPS) is 17.7. The second-order valence-electron chi connectivity index (χ2n) is 12.8. The van der Waals surface area contributed by atoms with Crippen LogP contribution in [0, 0.1) is 5.82 Å². The van der Waals surface area contributed by atoms with Gasteiger partial charge in [0.25, 0.3) is 5.91 Å². The summed E-state index contributed by atoms with van der Waals surface area (Å²) >= 11 is 0. The summed E-state index contributed by atoms with van der Waals surface area (Å²) in [6.45, 7) is 11.7. The molecular formula is C32H41FN6O3Si. The number of nitrogens with zero attached hydrogens (tertiary/aromatic N) is 4. The lowest BCUT2D eigenvalue weighted by molar-refractivity contribution is 0.0947. The lowest BCUT2D eigenvalue weighted by Gasteiger charge is -2.41. The number of hydrogen-bond donors (Lipinski definition) is 2. The quantitative estimate of drug-likeness (QED) is 0.216. The Morgan fingerprint density at radius 3 is 2.58 bits per heavy atom. The number of methoxy groups -OCH3 is 1. The van der Waals surface area contributed by atoms with Crippen molar-refractivity contribution in [2.45, 2.75) is 83.3 Å². The number of benzene rings is 2. The summed E-state index contributed by atoms with van der Waals surface area (Å²) in [5.74, 6) is -0.223. The molecule has 3 N–H and O–H groups in total. The van der Waals surface area contributed by atoms with E-state index < -0.39 is 20.0 Å². The van der Waals surface area contributed by atoms with E-state index in [4.69, 9.17) is 20.0 Å². The van der Waals surface area contributed by atoms with Crippen LogP contribution in [-0.2, 0) is 11.0 Å². The van der Waals surface area contributed by atoms with Gasteiger partial charge >= 0.3 is 0 Å². The predicted molar refractivity (Wildman–Crippen MR) is 169 cm³/mol. The minimum absolute atomic E-state index is 0.142. The van der Waals surface area contributed by atoms with E-state index in [1.165, 1.54) is 31.6 Å². The zero-order valence-corrected chi connectivity index (χ0v) is 26.8. The number of nitrogens with one attached hydrogen (secondary N) is 1. The van der Waals surface area contributed by atoms with E-state index >= 15 is 0 Å². The van der Waals surface area contributed by atoms with Gasteiger partial charge in [0.2, 0.25) is 0 Å². The second-order valence-corrected chi connectivity index (χ2v) is 17.6. The number of carbonyl (C=O) groups is 1. The fourth-order valence-electron chi connectivity index (χ4n) is 5.41. The fourth-order valence-corrected chi connectivity index (χ4v) is 6.81. The predicted octanol–water partition coefficient (Wildman–Crippen LogP) is 6.66. The number of nitrogens with two attached hydrogens (primary N) is 1. The summed E-state index contributed by atoms with van der Waals surface area (Å²) in [7, 11) is -0.458. The van der Waals surface area contributed by atoms with Gasteiger partial charge in [-0.25, -0.2) is 19.0 Å². The van der Waals surface area contributed by atoms with E-state index in [9.17, 15) is 9.18 Å². The van der Waals surface area contributed by atoms with E-state index in [0.29, 0.717) is 11.6 Å². The van der Waals surface area contributed by atoms with Crippen LogP contribution < -0.4 is 15.8 Å². The SMILES string of the molecule is COc1ccc(F)cc1C(=O)NCc1ccc(-c2nn([C@H]3CCC[C@H](O[Si](C)(C)C(C)(C)C)C3)c3ncnc(N)c23)cc1. The van der Waals surface area contributed by atoms with Crippen molar-refractivity contribution < 1.29 is 18.3 Å². The van der Waals surface area contributed by atoms with Gasteiger partial charge in [-0.1, -0.05) is 45.0 Å². The minimum atomic E-state index is -1.90. The Labute approximate surface area is 253 Å². The van der Waals surface area contributed by atoms with Gasteiger partial charge in [0.15, 0.2) is 14.0 Å². The largest absolute Gasteiger partial charge is 0.496 e. The fraction of sp³-hybridized carbons (Fsp3) is 0.438. The van der Waals surface area contributed by atoms with Crippen molar-refractivity contribution in [3.8, 4) is 17.0 Å².